The maximum atomic E-state index is 12.1. The summed E-state index contributed by atoms with van der Waals surface area (Å²) in [6.45, 7) is 7.58. The largest absolute Gasteiger partial charge is 0.465 e. The van der Waals surface area contributed by atoms with Crippen LogP contribution in [0, 0.1) is 5.92 Å². The van der Waals surface area contributed by atoms with Gasteiger partial charge in [0.1, 0.15) is 6.04 Å². The highest BCUT2D eigenvalue weighted by molar-refractivity contribution is 5.76. The Hall–Kier alpha value is -1.35. The average molecular weight is 261 g/mol. The van der Waals surface area contributed by atoms with Crippen molar-refractivity contribution in [3.8, 4) is 0 Å². The predicted octanol–water partition coefficient (Wildman–Crippen LogP) is 3.02. The van der Waals surface area contributed by atoms with Gasteiger partial charge in [-0.05, 0) is 38.3 Å². The molecule has 2 rings (SSSR count). The molecule has 0 aromatic heterocycles. The van der Waals surface area contributed by atoms with Gasteiger partial charge in [0.05, 0.1) is 6.61 Å². The Bertz CT molecular complexity index is 418. The number of carbonyl (C=O) groups excluding carboxylic acids is 1. The van der Waals surface area contributed by atoms with Crippen LogP contribution in [0.15, 0.2) is 30.3 Å². The third-order valence-electron chi connectivity index (χ3n) is 4.05. The standard InChI is InChI=1S/C16H23NO2/c1-4-19-16(18)15-12(2)10-11-17(15)13(3)14-8-6-5-7-9-14/h5-9,12-13,15H,4,10-11H2,1-3H3/t12-,13+,15+/m0/s1. The first-order valence-electron chi connectivity index (χ1n) is 7.12. The van der Waals surface area contributed by atoms with Crippen molar-refractivity contribution in [3.05, 3.63) is 35.9 Å². The van der Waals surface area contributed by atoms with E-state index in [2.05, 4.69) is 30.9 Å². The molecule has 0 radical (unpaired) electrons. The van der Waals surface area contributed by atoms with Gasteiger partial charge in [-0.15, -0.1) is 0 Å². The zero-order valence-corrected chi connectivity index (χ0v) is 12.0. The second-order valence-electron chi connectivity index (χ2n) is 5.29. The van der Waals surface area contributed by atoms with Gasteiger partial charge in [0.15, 0.2) is 0 Å². The summed E-state index contributed by atoms with van der Waals surface area (Å²) in [5, 5.41) is 0. The minimum absolute atomic E-state index is 0.0738. The number of hydrogen-bond donors (Lipinski definition) is 0. The predicted molar refractivity (Wildman–Crippen MR) is 75.8 cm³/mol. The van der Waals surface area contributed by atoms with Gasteiger partial charge in [0.25, 0.3) is 0 Å². The topological polar surface area (TPSA) is 29.5 Å². The Labute approximate surface area is 115 Å². The molecular formula is C16H23NO2. The maximum absolute atomic E-state index is 12.1. The van der Waals surface area contributed by atoms with Crippen LogP contribution in [0.2, 0.25) is 0 Å². The number of esters is 1. The summed E-state index contributed by atoms with van der Waals surface area (Å²) in [5.74, 6) is 0.292. The van der Waals surface area contributed by atoms with Crippen molar-refractivity contribution in [2.45, 2.75) is 39.3 Å². The monoisotopic (exact) mass is 261 g/mol. The SMILES string of the molecule is CCOC(=O)[C@H]1[C@@H](C)CCN1[C@H](C)c1ccccc1. The lowest BCUT2D eigenvalue weighted by molar-refractivity contribution is -0.150. The summed E-state index contributed by atoms with van der Waals surface area (Å²) in [4.78, 5) is 14.4. The van der Waals surface area contributed by atoms with Crippen molar-refractivity contribution >= 4 is 5.97 Å². The van der Waals surface area contributed by atoms with Gasteiger partial charge < -0.3 is 4.74 Å². The molecule has 0 saturated carbocycles. The first kappa shape index (κ1) is 14.1. The van der Waals surface area contributed by atoms with Crippen LogP contribution in [0.5, 0.6) is 0 Å². The summed E-state index contributed by atoms with van der Waals surface area (Å²) < 4.78 is 5.23. The highest BCUT2D eigenvalue weighted by atomic mass is 16.5. The average Bonchev–Trinajstić information content (AvgIpc) is 2.81. The molecule has 1 saturated heterocycles. The Morgan fingerprint density at radius 2 is 2.11 bits per heavy atom. The molecule has 0 aliphatic carbocycles. The molecule has 104 valence electrons. The molecular weight excluding hydrogens is 238 g/mol. The van der Waals surface area contributed by atoms with Gasteiger partial charge in [-0.3, -0.25) is 9.69 Å². The molecule has 19 heavy (non-hydrogen) atoms. The van der Waals surface area contributed by atoms with Crippen LogP contribution >= 0.6 is 0 Å². The van der Waals surface area contributed by atoms with Crippen LogP contribution < -0.4 is 0 Å². The molecule has 0 amide bonds. The number of hydrogen-bond acceptors (Lipinski definition) is 3. The third kappa shape index (κ3) is 2.98. The fourth-order valence-corrected chi connectivity index (χ4v) is 2.93. The Morgan fingerprint density at radius 3 is 2.74 bits per heavy atom. The van der Waals surface area contributed by atoms with Crippen molar-refractivity contribution in [3.63, 3.8) is 0 Å². The van der Waals surface area contributed by atoms with Crippen molar-refractivity contribution in [1.29, 1.82) is 0 Å². The highest BCUT2D eigenvalue weighted by Gasteiger charge is 2.40. The number of likely N-dealkylation sites (tertiary alicyclic amines) is 1. The second-order valence-corrected chi connectivity index (χ2v) is 5.29. The molecule has 1 fully saturated rings. The number of benzene rings is 1. The van der Waals surface area contributed by atoms with Gasteiger partial charge >= 0.3 is 5.97 Å². The van der Waals surface area contributed by atoms with E-state index in [0.29, 0.717) is 12.5 Å². The second kappa shape index (κ2) is 6.20. The smallest absolute Gasteiger partial charge is 0.323 e. The summed E-state index contributed by atoms with van der Waals surface area (Å²) in [7, 11) is 0. The molecule has 0 bridgehead atoms. The minimum atomic E-state index is -0.102. The van der Waals surface area contributed by atoms with E-state index in [1.165, 1.54) is 5.56 Å². The van der Waals surface area contributed by atoms with Crippen LogP contribution in [-0.2, 0) is 9.53 Å². The lowest BCUT2D eigenvalue weighted by Crippen LogP contribution is -2.41. The van der Waals surface area contributed by atoms with Crippen LogP contribution in [-0.4, -0.2) is 30.1 Å². The normalized spacial score (nSPS) is 25.2. The van der Waals surface area contributed by atoms with Gasteiger partial charge in [-0.1, -0.05) is 37.3 Å². The van der Waals surface area contributed by atoms with Gasteiger partial charge in [-0.2, -0.15) is 0 Å². The van der Waals surface area contributed by atoms with Gasteiger partial charge in [0.2, 0.25) is 0 Å². The van der Waals surface area contributed by atoms with E-state index in [-0.39, 0.29) is 18.1 Å². The van der Waals surface area contributed by atoms with Crippen molar-refractivity contribution in [1.82, 2.24) is 4.90 Å². The van der Waals surface area contributed by atoms with E-state index in [9.17, 15) is 4.79 Å². The molecule has 0 unspecified atom stereocenters. The Balaban J connectivity index is 2.16. The molecule has 0 spiro atoms. The fraction of sp³-hybridized carbons (Fsp3) is 0.562. The third-order valence-corrected chi connectivity index (χ3v) is 4.05. The first-order valence-corrected chi connectivity index (χ1v) is 7.12. The number of carbonyl (C=O) groups is 1. The van der Waals surface area contributed by atoms with E-state index in [1.807, 2.05) is 25.1 Å². The molecule has 1 aromatic rings. The molecule has 1 aliphatic rings. The highest BCUT2D eigenvalue weighted by Crippen LogP contribution is 2.33. The van der Waals surface area contributed by atoms with E-state index in [4.69, 9.17) is 4.74 Å². The van der Waals surface area contributed by atoms with Crippen LogP contribution in [0.4, 0.5) is 0 Å². The maximum Gasteiger partial charge on any atom is 0.323 e. The van der Waals surface area contributed by atoms with Crippen molar-refractivity contribution in [2.24, 2.45) is 5.92 Å². The van der Waals surface area contributed by atoms with E-state index >= 15 is 0 Å². The van der Waals surface area contributed by atoms with Crippen LogP contribution in [0.25, 0.3) is 0 Å². The summed E-state index contributed by atoms with van der Waals surface area (Å²) >= 11 is 0. The number of rotatable bonds is 4. The first-order chi connectivity index (χ1) is 9.15. The Morgan fingerprint density at radius 1 is 1.42 bits per heavy atom. The zero-order valence-electron chi connectivity index (χ0n) is 12.0. The molecule has 1 aliphatic heterocycles. The molecule has 0 N–H and O–H groups in total. The van der Waals surface area contributed by atoms with Crippen LogP contribution in [0.1, 0.15) is 38.8 Å². The van der Waals surface area contributed by atoms with Gasteiger partial charge in [0, 0.05) is 6.04 Å². The van der Waals surface area contributed by atoms with E-state index in [1.54, 1.807) is 0 Å². The molecule has 3 heteroatoms. The molecule has 1 aromatic carbocycles. The van der Waals surface area contributed by atoms with Gasteiger partial charge in [-0.25, -0.2) is 0 Å². The van der Waals surface area contributed by atoms with Crippen molar-refractivity contribution < 1.29 is 9.53 Å². The molecule has 3 atom stereocenters. The van der Waals surface area contributed by atoms with Crippen molar-refractivity contribution in [2.75, 3.05) is 13.2 Å². The molecule has 3 nitrogen and oxygen atoms in total. The number of nitrogens with zero attached hydrogens (tertiary/aromatic N) is 1. The number of ether oxygens (including phenoxy) is 1. The molecule has 1 heterocycles. The lowest BCUT2D eigenvalue weighted by atomic mass is 10.0. The van der Waals surface area contributed by atoms with Crippen LogP contribution in [0.3, 0.4) is 0 Å². The quantitative estimate of drug-likeness (QED) is 0.780. The zero-order chi connectivity index (χ0) is 13.8. The summed E-state index contributed by atoms with van der Waals surface area (Å²) in [5.41, 5.74) is 1.26. The lowest BCUT2D eigenvalue weighted by Gasteiger charge is -2.31. The van der Waals surface area contributed by atoms with E-state index in [0.717, 1.165) is 13.0 Å². The minimum Gasteiger partial charge on any atom is -0.465 e. The fourth-order valence-electron chi connectivity index (χ4n) is 2.93. The Kier molecular flexibility index (Phi) is 4.59. The van der Waals surface area contributed by atoms with E-state index < -0.39 is 0 Å². The summed E-state index contributed by atoms with van der Waals surface area (Å²) in [6, 6.07) is 10.5. The summed E-state index contributed by atoms with van der Waals surface area (Å²) in [6.07, 6.45) is 1.06.